The van der Waals surface area contributed by atoms with Gasteiger partial charge in [-0.15, -0.1) is 11.8 Å². The molecular formula is C13H24N2O4S2. The summed E-state index contributed by atoms with van der Waals surface area (Å²) in [5.41, 5.74) is 0. The van der Waals surface area contributed by atoms with Crippen LogP contribution in [0.2, 0.25) is 0 Å². The van der Waals surface area contributed by atoms with Gasteiger partial charge in [-0.3, -0.25) is 14.4 Å². The summed E-state index contributed by atoms with van der Waals surface area (Å²) in [6.07, 6.45) is 7.60. The zero-order chi connectivity index (χ0) is 15.7. The van der Waals surface area contributed by atoms with Gasteiger partial charge >= 0.3 is 0 Å². The summed E-state index contributed by atoms with van der Waals surface area (Å²) < 4.78 is 25.8. The largest absolute Gasteiger partial charge is 0.265 e. The molecule has 0 N–H and O–H groups in total. The monoisotopic (exact) mass is 336 g/mol. The number of hydrogen-bond acceptors (Lipinski definition) is 5. The molecule has 6 nitrogen and oxygen atoms in total. The third kappa shape index (κ3) is 6.69. The SMILES string of the molecule is CCCCCCCCS(=O)(=O)N1CCCS/C1=C\[N+](=O)[O-]. The van der Waals surface area contributed by atoms with Crippen molar-refractivity contribution in [2.24, 2.45) is 0 Å². The van der Waals surface area contributed by atoms with Crippen LogP contribution in [0.1, 0.15) is 51.9 Å². The zero-order valence-corrected chi connectivity index (χ0v) is 14.1. The molecule has 0 amide bonds. The molecule has 0 spiro atoms. The summed E-state index contributed by atoms with van der Waals surface area (Å²) in [5.74, 6) is 0.803. The van der Waals surface area contributed by atoms with Gasteiger partial charge in [-0.2, -0.15) is 0 Å². The zero-order valence-electron chi connectivity index (χ0n) is 12.5. The predicted octanol–water partition coefficient (Wildman–Crippen LogP) is 3.19. The van der Waals surface area contributed by atoms with Crippen molar-refractivity contribution in [3.05, 3.63) is 21.3 Å². The maximum atomic E-state index is 12.3. The molecule has 21 heavy (non-hydrogen) atoms. The van der Waals surface area contributed by atoms with Gasteiger partial charge in [0.15, 0.2) is 5.03 Å². The molecule has 0 bridgehead atoms. The van der Waals surface area contributed by atoms with Gasteiger partial charge in [-0.05, 0) is 12.8 Å². The quantitative estimate of drug-likeness (QED) is 0.367. The Kier molecular flexibility index (Phi) is 8.10. The first-order valence-corrected chi connectivity index (χ1v) is 10.1. The Hall–Kier alpha value is -0.760. The maximum absolute atomic E-state index is 12.3. The fraction of sp³-hybridized carbons (Fsp3) is 0.846. The number of sulfonamides is 1. The molecule has 0 unspecified atom stereocenters. The van der Waals surface area contributed by atoms with Gasteiger partial charge < -0.3 is 0 Å². The Bertz CT molecular complexity index is 463. The Morgan fingerprint density at radius 1 is 1.29 bits per heavy atom. The van der Waals surface area contributed by atoms with E-state index in [0.29, 0.717) is 13.0 Å². The minimum absolute atomic E-state index is 0.0781. The highest BCUT2D eigenvalue weighted by Gasteiger charge is 2.29. The number of hydrogen-bond donors (Lipinski definition) is 0. The van der Waals surface area contributed by atoms with Crippen molar-refractivity contribution in [3.63, 3.8) is 0 Å². The molecule has 1 aliphatic rings. The molecule has 1 saturated heterocycles. The van der Waals surface area contributed by atoms with Crippen molar-refractivity contribution in [3.8, 4) is 0 Å². The molecule has 1 fully saturated rings. The Morgan fingerprint density at radius 3 is 2.62 bits per heavy atom. The molecule has 0 aromatic carbocycles. The molecule has 0 aromatic heterocycles. The van der Waals surface area contributed by atoms with E-state index < -0.39 is 14.9 Å². The van der Waals surface area contributed by atoms with Crippen LogP contribution >= 0.6 is 11.8 Å². The molecule has 122 valence electrons. The Morgan fingerprint density at radius 2 is 1.95 bits per heavy atom. The number of nitrogens with zero attached hydrogens (tertiary/aromatic N) is 2. The normalized spacial score (nSPS) is 18.1. The highest BCUT2D eigenvalue weighted by Crippen LogP contribution is 2.29. The first-order valence-electron chi connectivity index (χ1n) is 7.46. The number of nitro groups is 1. The van der Waals surface area contributed by atoms with Crippen LogP contribution in [0.25, 0.3) is 0 Å². The van der Waals surface area contributed by atoms with Gasteiger partial charge in [-0.25, -0.2) is 8.42 Å². The van der Waals surface area contributed by atoms with Crippen LogP contribution in [0.5, 0.6) is 0 Å². The van der Waals surface area contributed by atoms with E-state index >= 15 is 0 Å². The minimum Gasteiger partial charge on any atom is -0.259 e. The molecular weight excluding hydrogens is 312 g/mol. The first kappa shape index (κ1) is 18.3. The second-order valence-electron chi connectivity index (χ2n) is 5.11. The molecule has 0 saturated carbocycles. The van der Waals surface area contributed by atoms with Crippen LogP contribution in [0.3, 0.4) is 0 Å². The minimum atomic E-state index is -3.43. The van der Waals surface area contributed by atoms with E-state index in [1.54, 1.807) is 0 Å². The smallest absolute Gasteiger partial charge is 0.259 e. The predicted molar refractivity (Wildman–Crippen MR) is 86.0 cm³/mol. The van der Waals surface area contributed by atoms with Crippen LogP contribution < -0.4 is 0 Å². The Balaban J connectivity index is 2.53. The van der Waals surface area contributed by atoms with E-state index in [2.05, 4.69) is 6.92 Å². The van der Waals surface area contributed by atoms with Crippen LogP contribution in [-0.4, -0.2) is 35.7 Å². The van der Waals surface area contributed by atoms with Gasteiger partial charge in [0, 0.05) is 12.3 Å². The maximum Gasteiger partial charge on any atom is 0.265 e. The second-order valence-corrected chi connectivity index (χ2v) is 8.24. The van der Waals surface area contributed by atoms with Crippen LogP contribution in [-0.2, 0) is 10.0 Å². The summed E-state index contributed by atoms with van der Waals surface area (Å²) in [6, 6.07) is 0. The van der Waals surface area contributed by atoms with Crippen molar-refractivity contribution in [1.29, 1.82) is 0 Å². The molecule has 0 aromatic rings. The number of rotatable bonds is 9. The molecule has 0 atom stereocenters. The van der Waals surface area contributed by atoms with Gasteiger partial charge in [-0.1, -0.05) is 39.0 Å². The molecule has 8 heteroatoms. The molecule has 0 aliphatic carbocycles. The van der Waals surface area contributed by atoms with Gasteiger partial charge in [0.1, 0.15) is 0 Å². The van der Waals surface area contributed by atoms with E-state index in [-0.39, 0.29) is 10.8 Å². The second kappa shape index (κ2) is 9.30. The molecule has 1 rings (SSSR count). The number of unbranched alkanes of at least 4 members (excludes halogenated alkanes) is 5. The molecule has 1 aliphatic heterocycles. The van der Waals surface area contributed by atoms with Crippen molar-refractivity contribution >= 4 is 21.8 Å². The lowest BCUT2D eigenvalue weighted by atomic mass is 10.1. The van der Waals surface area contributed by atoms with Gasteiger partial charge in [0.05, 0.1) is 10.7 Å². The fourth-order valence-corrected chi connectivity index (χ4v) is 5.11. The molecule has 1 heterocycles. The first-order chi connectivity index (χ1) is 9.97. The summed E-state index contributed by atoms with van der Waals surface area (Å²) in [7, 11) is -3.43. The summed E-state index contributed by atoms with van der Waals surface area (Å²) >= 11 is 1.24. The van der Waals surface area contributed by atoms with Crippen LogP contribution in [0.15, 0.2) is 11.2 Å². The third-order valence-electron chi connectivity index (χ3n) is 3.31. The Labute approximate surface area is 131 Å². The van der Waals surface area contributed by atoms with Gasteiger partial charge in [0.2, 0.25) is 10.0 Å². The standard InChI is InChI=1S/C13H24N2O4S2/c1-2-3-4-5-6-7-11-21(18,19)14-9-8-10-20-13(14)12-15(16)17/h12H,2-11H2,1H3/b13-12-. The lowest BCUT2D eigenvalue weighted by Gasteiger charge is -2.28. The molecule has 0 radical (unpaired) electrons. The third-order valence-corrected chi connectivity index (χ3v) is 6.39. The van der Waals surface area contributed by atoms with E-state index in [0.717, 1.165) is 37.6 Å². The summed E-state index contributed by atoms with van der Waals surface area (Å²) in [4.78, 5) is 10.0. The van der Waals surface area contributed by atoms with Crippen molar-refractivity contribution < 1.29 is 13.3 Å². The van der Waals surface area contributed by atoms with Crippen LogP contribution in [0.4, 0.5) is 0 Å². The lowest BCUT2D eigenvalue weighted by molar-refractivity contribution is -0.403. The van der Waals surface area contributed by atoms with Crippen molar-refractivity contribution in [1.82, 2.24) is 4.31 Å². The van der Waals surface area contributed by atoms with E-state index in [9.17, 15) is 18.5 Å². The van der Waals surface area contributed by atoms with E-state index in [4.69, 9.17) is 0 Å². The van der Waals surface area contributed by atoms with Gasteiger partial charge in [0.25, 0.3) is 6.20 Å². The van der Waals surface area contributed by atoms with Crippen molar-refractivity contribution in [2.45, 2.75) is 51.9 Å². The topological polar surface area (TPSA) is 80.5 Å². The average Bonchev–Trinajstić information content (AvgIpc) is 2.42. The highest BCUT2D eigenvalue weighted by molar-refractivity contribution is 8.04. The highest BCUT2D eigenvalue weighted by atomic mass is 32.2. The fourth-order valence-electron chi connectivity index (χ4n) is 2.21. The number of thioether (sulfide) groups is 1. The van der Waals surface area contributed by atoms with E-state index in [1.807, 2.05) is 0 Å². The summed E-state index contributed by atoms with van der Waals surface area (Å²) in [5, 5.41) is 10.8. The average molecular weight is 336 g/mol. The van der Waals surface area contributed by atoms with Crippen molar-refractivity contribution in [2.75, 3.05) is 18.1 Å². The lowest BCUT2D eigenvalue weighted by Crippen LogP contribution is -2.35. The van der Waals surface area contributed by atoms with E-state index in [1.165, 1.54) is 28.9 Å². The summed E-state index contributed by atoms with van der Waals surface area (Å²) in [6.45, 7) is 2.49. The van der Waals surface area contributed by atoms with Crippen LogP contribution in [0, 0.1) is 10.1 Å².